The van der Waals surface area contributed by atoms with Crippen LogP contribution in [0.4, 0.5) is 0 Å². The van der Waals surface area contributed by atoms with Gasteiger partial charge in [0.1, 0.15) is 10.7 Å². The van der Waals surface area contributed by atoms with Crippen LogP contribution in [0.5, 0.6) is 0 Å². The van der Waals surface area contributed by atoms with Crippen LogP contribution < -0.4 is 0 Å². The third kappa shape index (κ3) is 1.99. The fourth-order valence-corrected chi connectivity index (χ4v) is 1.96. The Morgan fingerprint density at radius 1 is 1.36 bits per heavy atom. The lowest BCUT2D eigenvalue weighted by Gasteiger charge is -2.02. The van der Waals surface area contributed by atoms with E-state index in [0.29, 0.717) is 12.8 Å². The lowest BCUT2D eigenvalue weighted by molar-refractivity contribution is 0.582. The van der Waals surface area contributed by atoms with E-state index < -0.39 is 15.5 Å². The number of nitroso groups, excluding NO2 is 1. The molecule has 11 heavy (non-hydrogen) atoms. The Labute approximate surface area is 66.9 Å². The minimum Gasteiger partial charge on any atom is -0.231 e. The molecule has 0 saturated heterocycles. The van der Waals surface area contributed by atoms with E-state index in [2.05, 4.69) is 5.18 Å². The fourth-order valence-electron chi connectivity index (χ4n) is 1.14. The largest absolute Gasteiger partial charge is 0.231 e. The lowest BCUT2D eigenvalue weighted by Crippen LogP contribution is -2.10. The molecule has 0 heterocycles. The minimum atomic E-state index is -2.29. The molecule has 64 valence electrons. The molecule has 0 aromatic rings. The molecule has 1 rings (SSSR count). The maximum atomic E-state index is 10.6. The predicted octanol–water partition coefficient (Wildman–Crippen LogP) is 0.677. The molecule has 0 aromatic carbocycles. The third-order valence-corrected chi connectivity index (χ3v) is 3.55. The molecule has 0 radical (unpaired) electrons. The molecule has 1 aliphatic carbocycles. The molecule has 1 saturated carbocycles. The molecular formula is C6H11NO3S. The van der Waals surface area contributed by atoms with E-state index in [-0.39, 0.29) is 6.54 Å². The molecule has 1 aliphatic rings. The minimum absolute atomic E-state index is 0.241. The van der Waals surface area contributed by atoms with Gasteiger partial charge >= 0.3 is 0 Å². The third-order valence-electron chi connectivity index (χ3n) is 2.11. The average molecular weight is 177 g/mol. The van der Waals surface area contributed by atoms with Crippen molar-refractivity contribution in [3.8, 4) is 0 Å². The monoisotopic (exact) mass is 177 g/mol. The zero-order valence-electron chi connectivity index (χ0n) is 6.15. The summed E-state index contributed by atoms with van der Waals surface area (Å²) in [6, 6.07) is 0. The standard InChI is InChI=1S/C6H11NO3S/c8-7-5-1-2-6(3-4-6)11(9)10/h11H,1-5H2. The summed E-state index contributed by atoms with van der Waals surface area (Å²) in [5.74, 6) is 0. The smallest absolute Gasteiger partial charge is 0.145 e. The number of nitrogens with zero attached hydrogens (tertiary/aromatic N) is 1. The number of rotatable bonds is 5. The van der Waals surface area contributed by atoms with Gasteiger partial charge in [-0.15, -0.1) is 0 Å². The van der Waals surface area contributed by atoms with Gasteiger partial charge in [-0.05, 0) is 25.7 Å². The zero-order valence-corrected chi connectivity index (χ0v) is 7.05. The van der Waals surface area contributed by atoms with Crippen LogP contribution in [0.15, 0.2) is 5.18 Å². The maximum absolute atomic E-state index is 10.6. The SMILES string of the molecule is O=NCCCC1([SH](=O)=O)CC1. The molecule has 0 unspecified atom stereocenters. The van der Waals surface area contributed by atoms with Gasteiger partial charge in [0.2, 0.25) is 0 Å². The van der Waals surface area contributed by atoms with Crippen LogP contribution in [0.2, 0.25) is 0 Å². The van der Waals surface area contributed by atoms with E-state index in [0.717, 1.165) is 12.8 Å². The summed E-state index contributed by atoms with van der Waals surface area (Å²) in [6.07, 6.45) is 2.75. The van der Waals surface area contributed by atoms with Crippen molar-refractivity contribution in [1.29, 1.82) is 0 Å². The topological polar surface area (TPSA) is 63.6 Å². The van der Waals surface area contributed by atoms with Crippen LogP contribution in [0.25, 0.3) is 0 Å². The molecule has 4 nitrogen and oxygen atoms in total. The molecule has 0 bridgehead atoms. The van der Waals surface area contributed by atoms with Crippen molar-refractivity contribution < 1.29 is 8.42 Å². The van der Waals surface area contributed by atoms with Crippen LogP contribution >= 0.6 is 0 Å². The first-order valence-electron chi connectivity index (χ1n) is 3.65. The second-order valence-corrected chi connectivity index (χ2v) is 4.40. The first-order valence-corrected chi connectivity index (χ1v) is 4.83. The van der Waals surface area contributed by atoms with Crippen molar-refractivity contribution >= 4 is 10.7 Å². The Kier molecular flexibility index (Phi) is 2.59. The van der Waals surface area contributed by atoms with E-state index in [4.69, 9.17) is 0 Å². The Morgan fingerprint density at radius 2 is 2.00 bits per heavy atom. The van der Waals surface area contributed by atoms with Crippen LogP contribution in [0.3, 0.4) is 0 Å². The summed E-state index contributed by atoms with van der Waals surface area (Å²) in [7, 11) is -2.29. The normalized spacial score (nSPS) is 20.1. The number of hydrogen-bond acceptors (Lipinski definition) is 4. The zero-order chi connectivity index (χ0) is 8.32. The molecule has 0 spiro atoms. The lowest BCUT2D eigenvalue weighted by atomic mass is 10.2. The van der Waals surface area contributed by atoms with Crippen LogP contribution in [-0.4, -0.2) is 19.7 Å². The van der Waals surface area contributed by atoms with Crippen molar-refractivity contribution in [3.63, 3.8) is 0 Å². The van der Waals surface area contributed by atoms with Crippen molar-refractivity contribution in [2.75, 3.05) is 6.54 Å². The first-order chi connectivity index (χ1) is 5.21. The molecular weight excluding hydrogens is 166 g/mol. The summed E-state index contributed by atoms with van der Waals surface area (Å²) < 4.78 is 20.8. The van der Waals surface area contributed by atoms with E-state index in [1.807, 2.05) is 0 Å². The second kappa shape index (κ2) is 3.30. The molecule has 5 heteroatoms. The van der Waals surface area contributed by atoms with Crippen molar-refractivity contribution in [1.82, 2.24) is 0 Å². The van der Waals surface area contributed by atoms with Crippen LogP contribution in [-0.2, 0) is 10.7 Å². The summed E-state index contributed by atoms with van der Waals surface area (Å²) in [4.78, 5) is 9.68. The molecule has 0 N–H and O–H groups in total. The fraction of sp³-hybridized carbons (Fsp3) is 1.00. The van der Waals surface area contributed by atoms with Crippen molar-refractivity contribution in [3.05, 3.63) is 4.91 Å². The van der Waals surface area contributed by atoms with Crippen LogP contribution in [0, 0.1) is 4.91 Å². The van der Waals surface area contributed by atoms with E-state index in [1.165, 1.54) is 0 Å². The number of thiol groups is 1. The number of hydrogen-bond donors (Lipinski definition) is 1. The second-order valence-electron chi connectivity index (χ2n) is 2.94. The highest BCUT2D eigenvalue weighted by Gasteiger charge is 2.45. The Morgan fingerprint density at radius 3 is 2.36 bits per heavy atom. The summed E-state index contributed by atoms with van der Waals surface area (Å²) in [6.45, 7) is 0.241. The highest BCUT2D eigenvalue weighted by atomic mass is 32.2. The highest BCUT2D eigenvalue weighted by molar-refractivity contribution is 7.74. The Bertz CT molecular complexity index is 212. The van der Waals surface area contributed by atoms with Gasteiger partial charge in [-0.2, -0.15) is 4.91 Å². The van der Waals surface area contributed by atoms with Gasteiger partial charge in [0.05, 0.1) is 11.3 Å². The van der Waals surface area contributed by atoms with E-state index in [9.17, 15) is 13.3 Å². The summed E-state index contributed by atoms with van der Waals surface area (Å²) >= 11 is 0. The van der Waals surface area contributed by atoms with Gasteiger partial charge < -0.3 is 0 Å². The van der Waals surface area contributed by atoms with Gasteiger partial charge in [-0.25, -0.2) is 8.42 Å². The first kappa shape index (κ1) is 8.64. The van der Waals surface area contributed by atoms with Gasteiger partial charge in [0.25, 0.3) is 0 Å². The quantitative estimate of drug-likeness (QED) is 0.381. The van der Waals surface area contributed by atoms with Gasteiger partial charge in [0.15, 0.2) is 0 Å². The average Bonchev–Trinajstić information content (AvgIpc) is 2.70. The van der Waals surface area contributed by atoms with Crippen LogP contribution in [0.1, 0.15) is 25.7 Å². The van der Waals surface area contributed by atoms with Gasteiger partial charge in [-0.3, -0.25) is 0 Å². The molecule has 0 atom stereocenters. The Hall–Kier alpha value is -0.450. The van der Waals surface area contributed by atoms with Crippen molar-refractivity contribution in [2.45, 2.75) is 30.4 Å². The maximum Gasteiger partial charge on any atom is 0.145 e. The highest BCUT2D eigenvalue weighted by Crippen LogP contribution is 2.43. The summed E-state index contributed by atoms with van der Waals surface area (Å²) in [5.41, 5.74) is 0. The van der Waals surface area contributed by atoms with Gasteiger partial charge in [-0.1, -0.05) is 5.18 Å². The predicted molar refractivity (Wildman–Crippen MR) is 42.2 cm³/mol. The molecule has 0 aromatic heterocycles. The summed E-state index contributed by atoms with van der Waals surface area (Å²) in [5, 5.41) is 2.68. The van der Waals surface area contributed by atoms with E-state index >= 15 is 0 Å². The molecule has 1 fully saturated rings. The van der Waals surface area contributed by atoms with Gasteiger partial charge in [0, 0.05) is 0 Å². The Balaban J connectivity index is 2.30. The molecule has 0 amide bonds. The van der Waals surface area contributed by atoms with E-state index in [1.54, 1.807) is 0 Å². The van der Waals surface area contributed by atoms with Crippen molar-refractivity contribution in [2.24, 2.45) is 5.18 Å². The molecule has 0 aliphatic heterocycles.